The number of ketones is 1. The number of nitrogens with zero attached hydrogens (tertiary/aromatic N) is 1. The summed E-state index contributed by atoms with van der Waals surface area (Å²) >= 11 is 2.56. The number of hydrogen-bond donors (Lipinski definition) is 1. The average Bonchev–Trinajstić information content (AvgIpc) is 2.95. The highest BCUT2D eigenvalue weighted by Gasteiger charge is 2.16. The molecule has 1 heterocycles. The van der Waals surface area contributed by atoms with E-state index in [1.807, 2.05) is 25.1 Å². The Balaban J connectivity index is 2.09. The van der Waals surface area contributed by atoms with E-state index in [4.69, 9.17) is 5.26 Å². The van der Waals surface area contributed by atoms with E-state index in [1.54, 1.807) is 23.6 Å². The molecule has 1 aromatic carbocycles. The summed E-state index contributed by atoms with van der Waals surface area (Å²) in [6, 6.07) is 11.0. The molecule has 0 spiro atoms. The largest absolute Gasteiger partial charge is 0.316 e. The molecule has 0 radical (unpaired) electrons. The first-order chi connectivity index (χ1) is 10.6. The van der Waals surface area contributed by atoms with Crippen LogP contribution in [0.1, 0.15) is 21.5 Å². The molecule has 0 aliphatic carbocycles. The first-order valence-electron chi connectivity index (χ1n) is 6.55. The standard InChI is InChI=1S/C16H14N2O2S2/c1-11-2-4-12(5-3-11)15(20)13-6-8-22-16(13)18-14(19)10-21-9-7-17/h2-6,8H,9-10H2,1H3,(H,18,19). The molecule has 0 bridgehead atoms. The van der Waals surface area contributed by atoms with E-state index in [0.717, 1.165) is 5.56 Å². The van der Waals surface area contributed by atoms with Crippen molar-refractivity contribution in [2.75, 3.05) is 16.8 Å². The normalized spacial score (nSPS) is 10.0. The lowest BCUT2D eigenvalue weighted by Crippen LogP contribution is -2.15. The van der Waals surface area contributed by atoms with E-state index < -0.39 is 0 Å². The second-order valence-corrected chi connectivity index (χ2v) is 6.46. The molecule has 0 fully saturated rings. The number of rotatable bonds is 6. The predicted octanol–water partition coefficient (Wildman–Crippen LogP) is 3.48. The molecule has 4 nitrogen and oxygen atoms in total. The summed E-state index contributed by atoms with van der Waals surface area (Å²) < 4.78 is 0. The molecule has 0 aliphatic rings. The first-order valence-corrected chi connectivity index (χ1v) is 8.58. The number of carbonyl (C=O) groups excluding carboxylic acids is 2. The van der Waals surface area contributed by atoms with Crippen molar-refractivity contribution >= 4 is 39.8 Å². The third kappa shape index (κ3) is 4.20. The van der Waals surface area contributed by atoms with Crippen molar-refractivity contribution in [3.05, 3.63) is 52.4 Å². The molecule has 2 rings (SSSR count). The molecule has 0 saturated carbocycles. The lowest BCUT2D eigenvalue weighted by atomic mass is 10.0. The van der Waals surface area contributed by atoms with Crippen LogP contribution in [0.3, 0.4) is 0 Å². The van der Waals surface area contributed by atoms with Gasteiger partial charge in [0.2, 0.25) is 5.91 Å². The Morgan fingerprint density at radius 2 is 2.00 bits per heavy atom. The minimum absolute atomic E-state index is 0.110. The van der Waals surface area contributed by atoms with Crippen LogP contribution in [0.2, 0.25) is 0 Å². The Kier molecular flexibility index (Phi) is 5.75. The van der Waals surface area contributed by atoms with E-state index in [0.29, 0.717) is 16.1 Å². The number of anilines is 1. The quantitative estimate of drug-likeness (QED) is 0.650. The number of hydrogen-bond acceptors (Lipinski definition) is 5. The number of amides is 1. The summed E-state index contributed by atoms with van der Waals surface area (Å²) in [5.41, 5.74) is 2.18. The highest BCUT2D eigenvalue weighted by atomic mass is 32.2. The van der Waals surface area contributed by atoms with E-state index in [9.17, 15) is 9.59 Å². The van der Waals surface area contributed by atoms with Gasteiger partial charge in [0.15, 0.2) is 5.78 Å². The van der Waals surface area contributed by atoms with E-state index >= 15 is 0 Å². The fourth-order valence-electron chi connectivity index (χ4n) is 1.80. The maximum absolute atomic E-state index is 12.5. The molecular formula is C16H14N2O2S2. The summed E-state index contributed by atoms with van der Waals surface area (Å²) in [5.74, 6) is 0.151. The zero-order valence-corrected chi connectivity index (χ0v) is 13.6. The molecule has 1 N–H and O–H groups in total. The summed E-state index contributed by atoms with van der Waals surface area (Å²) in [7, 11) is 0. The number of thiophene rings is 1. The van der Waals surface area contributed by atoms with Gasteiger partial charge in [-0.05, 0) is 18.4 Å². The van der Waals surface area contributed by atoms with Gasteiger partial charge >= 0.3 is 0 Å². The van der Waals surface area contributed by atoms with Gasteiger partial charge in [0.1, 0.15) is 5.00 Å². The van der Waals surface area contributed by atoms with Gasteiger partial charge in [0, 0.05) is 5.56 Å². The third-order valence-electron chi connectivity index (χ3n) is 2.88. The molecule has 112 valence electrons. The van der Waals surface area contributed by atoms with Crippen molar-refractivity contribution < 1.29 is 9.59 Å². The van der Waals surface area contributed by atoms with Gasteiger partial charge in [-0.1, -0.05) is 29.8 Å². The number of aryl methyl sites for hydroxylation is 1. The van der Waals surface area contributed by atoms with Gasteiger partial charge in [-0.3, -0.25) is 9.59 Å². The second kappa shape index (κ2) is 7.78. The molecule has 0 unspecified atom stereocenters. The SMILES string of the molecule is Cc1ccc(C(=O)c2ccsc2NC(=O)CSCC#N)cc1. The smallest absolute Gasteiger partial charge is 0.235 e. The lowest BCUT2D eigenvalue weighted by molar-refractivity contribution is -0.113. The predicted molar refractivity (Wildman–Crippen MR) is 90.5 cm³/mol. The van der Waals surface area contributed by atoms with Crippen LogP contribution >= 0.6 is 23.1 Å². The van der Waals surface area contributed by atoms with Crippen molar-refractivity contribution in [3.63, 3.8) is 0 Å². The zero-order chi connectivity index (χ0) is 15.9. The molecule has 0 atom stereocenters. The van der Waals surface area contributed by atoms with Crippen molar-refractivity contribution in [3.8, 4) is 6.07 Å². The Labute approximate surface area is 137 Å². The molecule has 0 saturated heterocycles. The highest BCUT2D eigenvalue weighted by molar-refractivity contribution is 8.00. The highest BCUT2D eigenvalue weighted by Crippen LogP contribution is 2.26. The molecule has 1 amide bonds. The van der Waals surface area contributed by atoms with Crippen LogP contribution in [0.15, 0.2) is 35.7 Å². The fourth-order valence-corrected chi connectivity index (χ4v) is 3.05. The van der Waals surface area contributed by atoms with Crippen LogP contribution in [0.4, 0.5) is 5.00 Å². The Hall–Kier alpha value is -2.10. The molecule has 1 aromatic heterocycles. The summed E-state index contributed by atoms with van der Waals surface area (Å²) in [5, 5.41) is 13.5. The maximum Gasteiger partial charge on any atom is 0.235 e. The van der Waals surface area contributed by atoms with Crippen LogP contribution in [0.5, 0.6) is 0 Å². The van der Waals surface area contributed by atoms with Crippen LogP contribution in [-0.2, 0) is 4.79 Å². The van der Waals surface area contributed by atoms with Gasteiger partial charge in [0.25, 0.3) is 0 Å². The zero-order valence-electron chi connectivity index (χ0n) is 12.0. The fraction of sp³-hybridized carbons (Fsp3) is 0.188. The minimum atomic E-state index is -0.208. The number of thioether (sulfide) groups is 1. The van der Waals surface area contributed by atoms with Crippen molar-refractivity contribution in [2.45, 2.75) is 6.92 Å². The van der Waals surface area contributed by atoms with E-state index in [2.05, 4.69) is 5.32 Å². The van der Waals surface area contributed by atoms with Crippen molar-refractivity contribution in [1.82, 2.24) is 0 Å². The Morgan fingerprint density at radius 1 is 1.27 bits per heavy atom. The summed E-state index contributed by atoms with van der Waals surface area (Å²) in [6.45, 7) is 1.96. The number of nitrogens with one attached hydrogen (secondary N) is 1. The minimum Gasteiger partial charge on any atom is -0.316 e. The molecule has 0 aliphatic heterocycles. The van der Waals surface area contributed by atoms with Crippen LogP contribution in [0, 0.1) is 18.3 Å². The van der Waals surface area contributed by atoms with E-state index in [1.165, 1.54) is 23.1 Å². The number of nitriles is 1. The van der Waals surface area contributed by atoms with Gasteiger partial charge in [0.05, 0.1) is 23.1 Å². The van der Waals surface area contributed by atoms with Crippen LogP contribution in [0.25, 0.3) is 0 Å². The second-order valence-electron chi connectivity index (χ2n) is 4.56. The van der Waals surface area contributed by atoms with Crippen molar-refractivity contribution in [2.24, 2.45) is 0 Å². The monoisotopic (exact) mass is 330 g/mol. The Morgan fingerprint density at radius 3 is 2.68 bits per heavy atom. The Bertz CT molecular complexity index is 714. The van der Waals surface area contributed by atoms with Gasteiger partial charge in [-0.2, -0.15) is 5.26 Å². The first kappa shape index (κ1) is 16.3. The average molecular weight is 330 g/mol. The van der Waals surface area contributed by atoms with Gasteiger partial charge in [-0.15, -0.1) is 23.1 Å². The third-order valence-corrected chi connectivity index (χ3v) is 4.51. The molecule has 2 aromatic rings. The van der Waals surface area contributed by atoms with Crippen molar-refractivity contribution in [1.29, 1.82) is 5.26 Å². The van der Waals surface area contributed by atoms with E-state index in [-0.39, 0.29) is 23.2 Å². The van der Waals surface area contributed by atoms with Gasteiger partial charge in [-0.25, -0.2) is 0 Å². The summed E-state index contributed by atoms with van der Waals surface area (Å²) in [4.78, 5) is 24.3. The number of benzene rings is 1. The summed E-state index contributed by atoms with van der Waals surface area (Å²) in [6.07, 6.45) is 0. The molecule has 22 heavy (non-hydrogen) atoms. The van der Waals surface area contributed by atoms with Gasteiger partial charge < -0.3 is 5.32 Å². The molecule has 6 heteroatoms. The topological polar surface area (TPSA) is 70.0 Å². The van der Waals surface area contributed by atoms with Crippen LogP contribution < -0.4 is 5.32 Å². The number of carbonyl (C=O) groups is 2. The molecular weight excluding hydrogens is 316 g/mol. The van der Waals surface area contributed by atoms with Crippen LogP contribution in [-0.4, -0.2) is 23.2 Å². The lowest BCUT2D eigenvalue weighted by Gasteiger charge is -2.06. The maximum atomic E-state index is 12.5.